The van der Waals surface area contributed by atoms with E-state index < -0.39 is 17.7 Å². The average Bonchev–Trinajstić information content (AvgIpc) is 3.22. The molecule has 28 heavy (non-hydrogen) atoms. The molecule has 0 bridgehead atoms. The standard InChI is InChI=1S/C18H20BrN3O6/c1-3-27-16-12(19)9-11(10-14(16)26-2)17(24)22-21-15(23)6-7-20-18(25)13-5-4-8-28-13/h4-5,8-10H,3,6-7H2,1-2H3,(H,20,25)(H,21,23)(H,22,24). The summed E-state index contributed by atoms with van der Waals surface area (Å²) < 4.78 is 16.2. The minimum Gasteiger partial charge on any atom is -0.493 e. The summed E-state index contributed by atoms with van der Waals surface area (Å²) in [6.07, 6.45) is 1.36. The Morgan fingerprint density at radius 2 is 1.96 bits per heavy atom. The quantitative estimate of drug-likeness (QED) is 0.526. The summed E-state index contributed by atoms with van der Waals surface area (Å²) in [6.45, 7) is 2.36. The number of amides is 3. The number of furan rings is 1. The topological polar surface area (TPSA) is 119 Å². The van der Waals surface area contributed by atoms with Crippen molar-refractivity contribution in [3.63, 3.8) is 0 Å². The number of hydrogen-bond donors (Lipinski definition) is 3. The zero-order valence-electron chi connectivity index (χ0n) is 15.3. The van der Waals surface area contributed by atoms with E-state index in [1.165, 1.54) is 25.5 Å². The van der Waals surface area contributed by atoms with Crippen molar-refractivity contribution in [2.75, 3.05) is 20.3 Å². The molecule has 0 unspecified atom stereocenters. The van der Waals surface area contributed by atoms with E-state index in [0.717, 1.165) is 0 Å². The number of hydrazine groups is 1. The monoisotopic (exact) mass is 453 g/mol. The van der Waals surface area contributed by atoms with Crippen LogP contribution >= 0.6 is 15.9 Å². The predicted molar refractivity (Wildman–Crippen MR) is 103 cm³/mol. The van der Waals surface area contributed by atoms with Crippen molar-refractivity contribution in [2.24, 2.45) is 0 Å². The van der Waals surface area contributed by atoms with Gasteiger partial charge in [0.15, 0.2) is 17.3 Å². The lowest BCUT2D eigenvalue weighted by atomic mass is 10.2. The SMILES string of the molecule is CCOc1c(Br)cc(C(=O)NNC(=O)CCNC(=O)c2ccco2)cc1OC. The lowest BCUT2D eigenvalue weighted by Gasteiger charge is -2.13. The van der Waals surface area contributed by atoms with Crippen molar-refractivity contribution in [1.82, 2.24) is 16.2 Å². The molecule has 10 heteroatoms. The van der Waals surface area contributed by atoms with Crippen LogP contribution in [-0.2, 0) is 4.79 Å². The number of halogens is 1. The summed E-state index contributed by atoms with van der Waals surface area (Å²) >= 11 is 3.33. The van der Waals surface area contributed by atoms with E-state index in [-0.39, 0.29) is 24.3 Å². The first-order valence-electron chi connectivity index (χ1n) is 8.37. The highest BCUT2D eigenvalue weighted by Gasteiger charge is 2.16. The van der Waals surface area contributed by atoms with Gasteiger partial charge in [0.05, 0.1) is 24.5 Å². The van der Waals surface area contributed by atoms with Crippen LogP contribution in [-0.4, -0.2) is 38.0 Å². The smallest absolute Gasteiger partial charge is 0.286 e. The second-order valence-corrected chi connectivity index (χ2v) is 6.26. The van der Waals surface area contributed by atoms with Crippen molar-refractivity contribution < 1.29 is 28.3 Å². The van der Waals surface area contributed by atoms with Gasteiger partial charge < -0.3 is 19.2 Å². The number of ether oxygens (including phenoxy) is 2. The van der Waals surface area contributed by atoms with Crippen LogP contribution in [0.2, 0.25) is 0 Å². The molecule has 3 N–H and O–H groups in total. The van der Waals surface area contributed by atoms with Gasteiger partial charge in [-0.1, -0.05) is 0 Å². The maximum absolute atomic E-state index is 12.3. The second-order valence-electron chi connectivity index (χ2n) is 5.41. The van der Waals surface area contributed by atoms with E-state index in [4.69, 9.17) is 13.9 Å². The van der Waals surface area contributed by atoms with Crippen molar-refractivity contribution in [2.45, 2.75) is 13.3 Å². The zero-order valence-corrected chi connectivity index (χ0v) is 16.9. The van der Waals surface area contributed by atoms with E-state index in [1.54, 1.807) is 12.1 Å². The average molecular weight is 454 g/mol. The molecule has 3 amide bonds. The first-order valence-corrected chi connectivity index (χ1v) is 9.16. The lowest BCUT2D eigenvalue weighted by molar-refractivity contribution is -0.121. The van der Waals surface area contributed by atoms with Gasteiger partial charge in [-0.25, -0.2) is 0 Å². The summed E-state index contributed by atoms with van der Waals surface area (Å²) in [4.78, 5) is 35.7. The molecule has 0 aliphatic rings. The summed E-state index contributed by atoms with van der Waals surface area (Å²) in [6, 6.07) is 6.16. The van der Waals surface area contributed by atoms with Crippen molar-refractivity contribution in [3.8, 4) is 11.5 Å². The zero-order chi connectivity index (χ0) is 20.5. The van der Waals surface area contributed by atoms with Crippen molar-refractivity contribution >= 4 is 33.7 Å². The fraction of sp³-hybridized carbons (Fsp3) is 0.278. The van der Waals surface area contributed by atoms with E-state index in [2.05, 4.69) is 32.1 Å². The van der Waals surface area contributed by atoms with Crippen LogP contribution in [0.1, 0.15) is 34.3 Å². The molecule has 0 aliphatic heterocycles. The summed E-state index contributed by atoms with van der Waals surface area (Å²) in [5.74, 6) is -0.400. The second kappa shape index (κ2) is 10.4. The Morgan fingerprint density at radius 3 is 2.61 bits per heavy atom. The van der Waals surface area contributed by atoms with Gasteiger partial charge in [0.2, 0.25) is 5.91 Å². The maximum atomic E-state index is 12.3. The molecular formula is C18H20BrN3O6. The molecule has 2 aromatic rings. The molecule has 0 spiro atoms. The predicted octanol–water partition coefficient (Wildman–Crippen LogP) is 2.03. The molecule has 0 radical (unpaired) electrons. The third kappa shape index (κ3) is 5.74. The first-order chi connectivity index (χ1) is 13.5. The molecule has 0 saturated heterocycles. The summed E-state index contributed by atoms with van der Waals surface area (Å²) in [7, 11) is 1.46. The molecule has 0 saturated carbocycles. The molecule has 0 fully saturated rings. The van der Waals surface area contributed by atoms with E-state index >= 15 is 0 Å². The normalized spacial score (nSPS) is 10.1. The Bertz CT molecular complexity index is 838. The van der Waals surface area contributed by atoms with Gasteiger partial charge in [-0.15, -0.1) is 0 Å². The van der Waals surface area contributed by atoms with E-state index in [9.17, 15) is 14.4 Å². The molecule has 1 heterocycles. The van der Waals surface area contributed by atoms with Gasteiger partial charge in [-0.3, -0.25) is 25.2 Å². The largest absolute Gasteiger partial charge is 0.493 e. The van der Waals surface area contributed by atoms with Crippen LogP contribution in [0, 0.1) is 0 Å². The van der Waals surface area contributed by atoms with E-state index in [0.29, 0.717) is 22.6 Å². The Balaban J connectivity index is 1.83. The highest BCUT2D eigenvalue weighted by Crippen LogP contribution is 2.36. The van der Waals surface area contributed by atoms with Gasteiger partial charge in [-0.05, 0) is 47.1 Å². The minimum atomic E-state index is -0.532. The van der Waals surface area contributed by atoms with Gasteiger partial charge in [0.25, 0.3) is 11.8 Å². The molecule has 1 aromatic heterocycles. The van der Waals surface area contributed by atoms with Crippen LogP contribution in [0.25, 0.3) is 0 Å². The van der Waals surface area contributed by atoms with Crippen LogP contribution in [0.3, 0.4) is 0 Å². The van der Waals surface area contributed by atoms with Gasteiger partial charge in [0.1, 0.15) is 0 Å². The number of nitrogens with one attached hydrogen (secondary N) is 3. The van der Waals surface area contributed by atoms with Crippen LogP contribution < -0.4 is 25.6 Å². The van der Waals surface area contributed by atoms with Gasteiger partial charge >= 0.3 is 0 Å². The highest BCUT2D eigenvalue weighted by molar-refractivity contribution is 9.10. The third-order valence-electron chi connectivity index (χ3n) is 3.48. The molecule has 1 aromatic carbocycles. The number of benzene rings is 1. The summed E-state index contributed by atoms with van der Waals surface area (Å²) in [5.41, 5.74) is 4.86. The van der Waals surface area contributed by atoms with Crippen molar-refractivity contribution in [1.29, 1.82) is 0 Å². The molecule has 2 rings (SSSR count). The number of carbonyl (C=O) groups excluding carboxylic acids is 3. The molecule has 9 nitrogen and oxygen atoms in total. The fourth-order valence-electron chi connectivity index (χ4n) is 2.18. The van der Waals surface area contributed by atoms with Crippen LogP contribution in [0.5, 0.6) is 11.5 Å². The number of carbonyl (C=O) groups is 3. The lowest BCUT2D eigenvalue weighted by Crippen LogP contribution is -2.42. The Morgan fingerprint density at radius 1 is 1.18 bits per heavy atom. The van der Waals surface area contributed by atoms with E-state index in [1.807, 2.05) is 6.92 Å². The molecule has 150 valence electrons. The van der Waals surface area contributed by atoms with Crippen LogP contribution in [0.4, 0.5) is 0 Å². The van der Waals surface area contributed by atoms with Gasteiger partial charge in [-0.2, -0.15) is 0 Å². The third-order valence-corrected chi connectivity index (χ3v) is 4.07. The highest BCUT2D eigenvalue weighted by atomic mass is 79.9. The first kappa shape index (κ1) is 21.3. The Hall–Kier alpha value is -3.01. The Labute approximate surface area is 169 Å². The molecule has 0 aliphatic carbocycles. The Kier molecular flexibility index (Phi) is 7.88. The minimum absolute atomic E-state index is 0.0248. The molecule has 0 atom stereocenters. The number of methoxy groups -OCH3 is 1. The summed E-state index contributed by atoms with van der Waals surface area (Å²) in [5, 5.41) is 2.53. The number of hydrogen-bond acceptors (Lipinski definition) is 6. The van der Waals surface area contributed by atoms with Crippen molar-refractivity contribution in [3.05, 3.63) is 46.3 Å². The van der Waals surface area contributed by atoms with Gasteiger partial charge in [0, 0.05) is 18.5 Å². The van der Waals surface area contributed by atoms with Crippen LogP contribution in [0.15, 0.2) is 39.4 Å². The molecular weight excluding hydrogens is 434 g/mol. The maximum Gasteiger partial charge on any atom is 0.286 e. The fourth-order valence-corrected chi connectivity index (χ4v) is 2.74. The number of rotatable bonds is 8.